The third-order valence-electron chi connectivity index (χ3n) is 4.61. The van der Waals surface area contributed by atoms with Crippen LogP contribution in [-0.4, -0.2) is 42.0 Å². The maximum Gasteiger partial charge on any atom is 0.341 e. The predicted molar refractivity (Wildman–Crippen MR) is 109 cm³/mol. The van der Waals surface area contributed by atoms with Gasteiger partial charge in [-0.15, -0.1) is 11.3 Å². The number of thiophene rings is 1. The maximum atomic E-state index is 12.6. The smallest absolute Gasteiger partial charge is 0.341 e. The molecule has 1 amide bonds. The first-order chi connectivity index (χ1) is 13.0. The second-order valence-corrected chi connectivity index (χ2v) is 7.87. The highest BCUT2D eigenvalue weighted by Gasteiger charge is 2.32. The number of ether oxygens (including phenoxy) is 1. The Kier molecular flexibility index (Phi) is 6.29. The summed E-state index contributed by atoms with van der Waals surface area (Å²) in [6.45, 7) is 6.62. The number of nitrogens with one attached hydrogen (secondary N) is 1. The number of esters is 1. The summed E-state index contributed by atoms with van der Waals surface area (Å²) in [5, 5.41) is 5.40. The Balaban J connectivity index is 1.83. The van der Waals surface area contributed by atoms with Gasteiger partial charge in [-0.1, -0.05) is 30.3 Å². The molecule has 1 aliphatic rings. The van der Waals surface area contributed by atoms with E-state index in [4.69, 9.17) is 4.74 Å². The monoisotopic (exact) mass is 386 g/mol. The lowest BCUT2D eigenvalue weighted by atomic mass is 10.0. The van der Waals surface area contributed by atoms with E-state index in [2.05, 4.69) is 24.1 Å². The average Bonchev–Trinajstić information content (AvgIpc) is 3.40. The van der Waals surface area contributed by atoms with Gasteiger partial charge >= 0.3 is 5.97 Å². The van der Waals surface area contributed by atoms with Crippen molar-refractivity contribution in [3.63, 3.8) is 0 Å². The highest BCUT2D eigenvalue weighted by Crippen LogP contribution is 2.36. The van der Waals surface area contributed by atoms with Gasteiger partial charge in [0.25, 0.3) is 0 Å². The second-order valence-electron chi connectivity index (χ2n) is 6.99. The third-order valence-corrected chi connectivity index (χ3v) is 5.51. The summed E-state index contributed by atoms with van der Waals surface area (Å²) in [5.74, 6) is -0.501. The van der Waals surface area contributed by atoms with Crippen LogP contribution in [0.25, 0.3) is 11.1 Å². The van der Waals surface area contributed by atoms with Crippen LogP contribution in [0.15, 0.2) is 35.7 Å². The number of carbonyl (C=O) groups excluding carboxylic acids is 2. The Morgan fingerprint density at radius 3 is 2.56 bits per heavy atom. The summed E-state index contributed by atoms with van der Waals surface area (Å²) in [7, 11) is 0. The first-order valence-electron chi connectivity index (χ1n) is 9.40. The van der Waals surface area contributed by atoms with Crippen molar-refractivity contribution in [2.24, 2.45) is 0 Å². The summed E-state index contributed by atoms with van der Waals surface area (Å²) in [6, 6.07) is 10.5. The largest absolute Gasteiger partial charge is 0.462 e. The number of amides is 1. The van der Waals surface area contributed by atoms with Gasteiger partial charge in [0, 0.05) is 23.0 Å². The van der Waals surface area contributed by atoms with Crippen molar-refractivity contribution >= 4 is 28.2 Å². The summed E-state index contributed by atoms with van der Waals surface area (Å²) >= 11 is 1.36. The molecular weight excluding hydrogens is 360 g/mol. The molecule has 0 unspecified atom stereocenters. The number of rotatable bonds is 8. The minimum absolute atomic E-state index is 0.0948. The molecule has 5 nitrogen and oxygen atoms in total. The van der Waals surface area contributed by atoms with Crippen LogP contribution in [0.1, 0.15) is 44.0 Å². The van der Waals surface area contributed by atoms with Crippen LogP contribution in [0, 0.1) is 0 Å². The van der Waals surface area contributed by atoms with Gasteiger partial charge in [0.1, 0.15) is 10.6 Å². The van der Waals surface area contributed by atoms with E-state index >= 15 is 0 Å². The Hall–Kier alpha value is -2.18. The van der Waals surface area contributed by atoms with Crippen LogP contribution >= 0.6 is 11.3 Å². The number of hydrogen-bond acceptors (Lipinski definition) is 5. The Labute approximate surface area is 164 Å². The van der Waals surface area contributed by atoms with Crippen LogP contribution in [0.5, 0.6) is 0 Å². The molecule has 1 aromatic carbocycles. The molecule has 0 atom stereocenters. The quantitative estimate of drug-likeness (QED) is 0.683. The zero-order chi connectivity index (χ0) is 19.4. The van der Waals surface area contributed by atoms with Gasteiger partial charge in [-0.05, 0) is 39.2 Å². The number of benzene rings is 1. The summed E-state index contributed by atoms with van der Waals surface area (Å²) in [5.41, 5.74) is 2.15. The van der Waals surface area contributed by atoms with Crippen molar-refractivity contribution in [3.8, 4) is 11.1 Å². The lowest BCUT2D eigenvalue weighted by molar-refractivity contribution is -0.117. The first kappa shape index (κ1) is 19.6. The molecule has 0 saturated heterocycles. The molecule has 1 fully saturated rings. The van der Waals surface area contributed by atoms with E-state index in [0.29, 0.717) is 35.8 Å². The van der Waals surface area contributed by atoms with Gasteiger partial charge in [-0.2, -0.15) is 0 Å². The highest BCUT2D eigenvalue weighted by molar-refractivity contribution is 7.15. The van der Waals surface area contributed by atoms with Crippen LogP contribution in [0.2, 0.25) is 0 Å². The average molecular weight is 387 g/mol. The van der Waals surface area contributed by atoms with Crippen LogP contribution in [0.4, 0.5) is 5.00 Å². The molecule has 144 valence electrons. The first-order valence-corrected chi connectivity index (χ1v) is 10.3. The third kappa shape index (κ3) is 4.76. The minimum Gasteiger partial charge on any atom is -0.462 e. The summed E-state index contributed by atoms with van der Waals surface area (Å²) in [6.07, 6.45) is 2.30. The molecule has 0 aliphatic heterocycles. The number of carbonyl (C=O) groups is 2. The van der Waals surface area contributed by atoms with E-state index in [-0.39, 0.29) is 5.91 Å². The Morgan fingerprint density at radius 1 is 1.26 bits per heavy atom. The van der Waals surface area contributed by atoms with Crippen LogP contribution < -0.4 is 5.32 Å². The fourth-order valence-electron chi connectivity index (χ4n) is 3.16. The zero-order valence-electron chi connectivity index (χ0n) is 16.0. The van der Waals surface area contributed by atoms with Gasteiger partial charge < -0.3 is 10.1 Å². The molecule has 2 aromatic rings. The van der Waals surface area contributed by atoms with Crippen molar-refractivity contribution in [1.82, 2.24) is 4.90 Å². The zero-order valence-corrected chi connectivity index (χ0v) is 16.8. The molecule has 1 saturated carbocycles. The van der Waals surface area contributed by atoms with E-state index in [1.807, 2.05) is 35.7 Å². The predicted octanol–water partition coefficient (Wildman–Crippen LogP) is 4.40. The van der Waals surface area contributed by atoms with E-state index in [1.54, 1.807) is 6.92 Å². The highest BCUT2D eigenvalue weighted by atomic mass is 32.1. The molecule has 3 rings (SSSR count). The molecule has 0 radical (unpaired) electrons. The molecule has 1 heterocycles. The Morgan fingerprint density at radius 2 is 1.96 bits per heavy atom. The topological polar surface area (TPSA) is 58.6 Å². The van der Waals surface area contributed by atoms with Crippen molar-refractivity contribution < 1.29 is 14.3 Å². The standard InChI is InChI=1S/C21H26N2O3S/c1-4-26-21(25)19-17(15-8-6-5-7-9-15)13-27-20(19)22-18(24)12-23(14(2)3)16-10-11-16/h5-9,13-14,16H,4,10-12H2,1-3H3,(H,22,24). The molecule has 1 aliphatic carbocycles. The van der Waals surface area contributed by atoms with Gasteiger partial charge in [0.2, 0.25) is 5.91 Å². The minimum atomic E-state index is -0.407. The SMILES string of the molecule is CCOC(=O)c1c(-c2ccccc2)csc1NC(=O)CN(C(C)C)C1CC1. The van der Waals surface area contributed by atoms with Gasteiger partial charge in [0.05, 0.1) is 13.2 Å². The van der Waals surface area contributed by atoms with Gasteiger partial charge in [0.15, 0.2) is 0 Å². The molecule has 27 heavy (non-hydrogen) atoms. The van der Waals surface area contributed by atoms with E-state index in [0.717, 1.165) is 24.0 Å². The molecule has 0 bridgehead atoms. The van der Waals surface area contributed by atoms with Gasteiger partial charge in [-0.25, -0.2) is 4.79 Å². The lowest BCUT2D eigenvalue weighted by Crippen LogP contribution is -2.39. The van der Waals surface area contributed by atoms with Crippen molar-refractivity contribution in [2.75, 3.05) is 18.5 Å². The summed E-state index contributed by atoms with van der Waals surface area (Å²) < 4.78 is 5.24. The summed E-state index contributed by atoms with van der Waals surface area (Å²) in [4.78, 5) is 27.4. The van der Waals surface area contributed by atoms with Crippen molar-refractivity contribution in [1.29, 1.82) is 0 Å². The van der Waals surface area contributed by atoms with E-state index in [9.17, 15) is 9.59 Å². The molecule has 0 spiro atoms. The number of hydrogen-bond donors (Lipinski definition) is 1. The van der Waals surface area contributed by atoms with E-state index in [1.165, 1.54) is 11.3 Å². The normalized spacial score (nSPS) is 13.8. The Bertz CT molecular complexity index is 795. The maximum absolute atomic E-state index is 12.6. The fraction of sp³-hybridized carbons (Fsp3) is 0.429. The molecular formula is C21H26N2O3S. The second kappa shape index (κ2) is 8.67. The number of nitrogens with zero attached hydrogens (tertiary/aromatic N) is 1. The molecule has 1 N–H and O–H groups in total. The van der Waals surface area contributed by atoms with Gasteiger partial charge in [-0.3, -0.25) is 9.69 Å². The van der Waals surface area contributed by atoms with Crippen LogP contribution in [0.3, 0.4) is 0 Å². The number of anilines is 1. The van der Waals surface area contributed by atoms with Crippen LogP contribution in [-0.2, 0) is 9.53 Å². The lowest BCUT2D eigenvalue weighted by Gasteiger charge is -2.25. The fourth-order valence-corrected chi connectivity index (χ4v) is 4.13. The molecule has 1 aromatic heterocycles. The van der Waals surface area contributed by atoms with Crippen molar-refractivity contribution in [3.05, 3.63) is 41.3 Å². The van der Waals surface area contributed by atoms with E-state index < -0.39 is 5.97 Å². The molecule has 6 heteroatoms. The van der Waals surface area contributed by atoms with Crippen molar-refractivity contribution in [2.45, 2.75) is 45.7 Å².